The molecule has 1 atom stereocenters. The van der Waals surface area contributed by atoms with Crippen molar-refractivity contribution in [2.45, 2.75) is 19.4 Å². The highest BCUT2D eigenvalue weighted by Gasteiger charge is 2.20. The Balaban J connectivity index is 2.08. The lowest BCUT2D eigenvalue weighted by Gasteiger charge is -2.18. The van der Waals surface area contributed by atoms with Crippen molar-refractivity contribution >= 4 is 29.1 Å². The third-order valence-electron chi connectivity index (χ3n) is 3.09. The zero-order valence-electron chi connectivity index (χ0n) is 12.2. The van der Waals surface area contributed by atoms with Gasteiger partial charge in [-0.3, -0.25) is 9.59 Å². The maximum Gasteiger partial charge on any atom is 0.247 e. The smallest absolute Gasteiger partial charge is 0.247 e. The van der Waals surface area contributed by atoms with Crippen LogP contribution in [-0.4, -0.2) is 17.9 Å². The van der Waals surface area contributed by atoms with Crippen LogP contribution in [0.5, 0.6) is 0 Å². The summed E-state index contributed by atoms with van der Waals surface area (Å²) >= 11 is 5.82. The van der Waals surface area contributed by atoms with Crippen molar-refractivity contribution < 1.29 is 9.59 Å². The number of carbonyl (C=O) groups excluding carboxylic acids is 2. The van der Waals surface area contributed by atoms with E-state index in [0.717, 1.165) is 5.56 Å². The average Bonchev–Trinajstić information content (AvgIpc) is 2.49. The fourth-order valence-corrected chi connectivity index (χ4v) is 2.19. The van der Waals surface area contributed by atoms with Gasteiger partial charge in [0, 0.05) is 24.1 Å². The summed E-state index contributed by atoms with van der Waals surface area (Å²) < 4.78 is 0. The fourth-order valence-electron chi connectivity index (χ4n) is 2.07. The second-order valence-electron chi connectivity index (χ2n) is 4.94. The van der Waals surface area contributed by atoms with Gasteiger partial charge in [-0.15, -0.1) is 0 Å². The highest BCUT2D eigenvalue weighted by atomic mass is 35.5. The van der Waals surface area contributed by atoms with Gasteiger partial charge in [0.05, 0.1) is 0 Å². The van der Waals surface area contributed by atoms with Crippen molar-refractivity contribution in [2.75, 3.05) is 5.32 Å². The molecule has 22 heavy (non-hydrogen) atoms. The SMILES string of the molecule is CC(=O)N[C@@H](Cc1ccccc1)C(=O)Nc1ccc(Cl)cc1. The molecule has 0 bridgehead atoms. The second-order valence-corrected chi connectivity index (χ2v) is 5.38. The Bertz CT molecular complexity index is 641. The lowest BCUT2D eigenvalue weighted by molar-refractivity contribution is -0.125. The topological polar surface area (TPSA) is 58.2 Å². The Morgan fingerprint density at radius 2 is 1.68 bits per heavy atom. The largest absolute Gasteiger partial charge is 0.344 e. The van der Waals surface area contributed by atoms with Gasteiger partial charge in [-0.2, -0.15) is 0 Å². The maximum atomic E-state index is 12.4. The molecule has 0 saturated carbocycles. The molecular formula is C17H17ClN2O2. The van der Waals surface area contributed by atoms with E-state index in [0.29, 0.717) is 17.1 Å². The van der Waals surface area contributed by atoms with Gasteiger partial charge in [-0.25, -0.2) is 0 Å². The normalized spacial score (nSPS) is 11.5. The van der Waals surface area contributed by atoms with Crippen LogP contribution in [0.25, 0.3) is 0 Å². The summed E-state index contributed by atoms with van der Waals surface area (Å²) in [7, 11) is 0. The summed E-state index contributed by atoms with van der Waals surface area (Å²) in [5.41, 5.74) is 1.62. The van der Waals surface area contributed by atoms with E-state index in [1.807, 2.05) is 30.3 Å². The molecule has 0 unspecified atom stereocenters. The van der Waals surface area contributed by atoms with Gasteiger partial charge in [0.1, 0.15) is 6.04 Å². The third kappa shape index (κ3) is 4.90. The molecule has 0 spiro atoms. The van der Waals surface area contributed by atoms with Crippen LogP contribution in [0.1, 0.15) is 12.5 Å². The summed E-state index contributed by atoms with van der Waals surface area (Å²) in [5, 5.41) is 6.06. The first kappa shape index (κ1) is 16.0. The molecule has 114 valence electrons. The Hall–Kier alpha value is -2.33. The molecule has 0 heterocycles. The van der Waals surface area contributed by atoms with Crippen LogP contribution >= 0.6 is 11.6 Å². The average molecular weight is 317 g/mol. The van der Waals surface area contributed by atoms with Crippen molar-refractivity contribution in [3.63, 3.8) is 0 Å². The Morgan fingerprint density at radius 3 is 2.27 bits per heavy atom. The molecule has 2 amide bonds. The zero-order valence-corrected chi connectivity index (χ0v) is 12.9. The van der Waals surface area contributed by atoms with Crippen LogP contribution < -0.4 is 10.6 Å². The predicted molar refractivity (Wildman–Crippen MR) is 87.8 cm³/mol. The van der Waals surface area contributed by atoms with Crippen LogP contribution in [0.15, 0.2) is 54.6 Å². The van der Waals surface area contributed by atoms with E-state index in [1.165, 1.54) is 6.92 Å². The van der Waals surface area contributed by atoms with Crippen molar-refractivity contribution in [3.05, 3.63) is 65.2 Å². The fraction of sp³-hybridized carbons (Fsp3) is 0.176. The number of amides is 2. The molecule has 4 nitrogen and oxygen atoms in total. The quantitative estimate of drug-likeness (QED) is 0.891. The number of hydrogen-bond acceptors (Lipinski definition) is 2. The van der Waals surface area contributed by atoms with E-state index in [4.69, 9.17) is 11.6 Å². The third-order valence-corrected chi connectivity index (χ3v) is 3.34. The van der Waals surface area contributed by atoms with Gasteiger partial charge >= 0.3 is 0 Å². The van der Waals surface area contributed by atoms with Crippen LogP contribution in [0, 0.1) is 0 Å². The molecule has 0 radical (unpaired) electrons. The molecule has 0 saturated heterocycles. The van der Waals surface area contributed by atoms with Gasteiger partial charge in [0.2, 0.25) is 11.8 Å². The zero-order chi connectivity index (χ0) is 15.9. The highest BCUT2D eigenvalue weighted by Crippen LogP contribution is 2.14. The number of nitrogens with one attached hydrogen (secondary N) is 2. The number of anilines is 1. The molecule has 0 aliphatic carbocycles. The second kappa shape index (κ2) is 7.61. The predicted octanol–water partition coefficient (Wildman–Crippen LogP) is 3.03. The summed E-state index contributed by atoms with van der Waals surface area (Å²) in [4.78, 5) is 23.7. The van der Waals surface area contributed by atoms with Crippen LogP contribution in [-0.2, 0) is 16.0 Å². The summed E-state index contributed by atoms with van der Waals surface area (Å²) in [6, 6.07) is 15.7. The molecule has 2 rings (SSSR count). The Kier molecular flexibility index (Phi) is 5.55. The van der Waals surface area contributed by atoms with Crippen LogP contribution in [0.4, 0.5) is 5.69 Å². The molecule has 0 aliphatic heterocycles. The van der Waals surface area contributed by atoms with Gasteiger partial charge in [-0.1, -0.05) is 41.9 Å². The number of rotatable bonds is 5. The standard InChI is InChI=1S/C17H17ClN2O2/c1-12(21)19-16(11-13-5-3-2-4-6-13)17(22)20-15-9-7-14(18)8-10-15/h2-10,16H,11H2,1H3,(H,19,21)(H,20,22)/t16-/m0/s1. The molecule has 0 aromatic heterocycles. The number of halogens is 1. The molecule has 2 aromatic rings. The molecule has 0 fully saturated rings. The molecule has 5 heteroatoms. The molecule has 2 aromatic carbocycles. The maximum absolute atomic E-state index is 12.4. The molecule has 0 aliphatic rings. The van der Waals surface area contributed by atoms with Gasteiger partial charge < -0.3 is 10.6 Å². The monoisotopic (exact) mass is 316 g/mol. The first-order valence-electron chi connectivity index (χ1n) is 6.92. The van der Waals surface area contributed by atoms with E-state index in [2.05, 4.69) is 10.6 Å². The van der Waals surface area contributed by atoms with Gasteiger partial charge in [0.25, 0.3) is 0 Å². The summed E-state index contributed by atoms with van der Waals surface area (Å²) in [6.45, 7) is 1.40. The van der Waals surface area contributed by atoms with E-state index in [1.54, 1.807) is 24.3 Å². The summed E-state index contributed by atoms with van der Waals surface area (Å²) in [6.07, 6.45) is 0.430. The van der Waals surface area contributed by atoms with E-state index in [-0.39, 0.29) is 11.8 Å². The summed E-state index contributed by atoms with van der Waals surface area (Å²) in [5.74, 6) is -0.506. The Labute approximate surface area is 134 Å². The lowest BCUT2D eigenvalue weighted by atomic mass is 10.1. The number of hydrogen-bond donors (Lipinski definition) is 2. The first-order chi connectivity index (χ1) is 10.5. The van der Waals surface area contributed by atoms with Crippen LogP contribution in [0.3, 0.4) is 0 Å². The van der Waals surface area contributed by atoms with Crippen molar-refractivity contribution in [3.8, 4) is 0 Å². The number of benzene rings is 2. The van der Waals surface area contributed by atoms with E-state index >= 15 is 0 Å². The lowest BCUT2D eigenvalue weighted by Crippen LogP contribution is -2.44. The van der Waals surface area contributed by atoms with Crippen molar-refractivity contribution in [2.24, 2.45) is 0 Å². The van der Waals surface area contributed by atoms with Crippen LogP contribution in [0.2, 0.25) is 5.02 Å². The van der Waals surface area contributed by atoms with Crippen molar-refractivity contribution in [1.29, 1.82) is 0 Å². The van der Waals surface area contributed by atoms with E-state index in [9.17, 15) is 9.59 Å². The minimum Gasteiger partial charge on any atom is -0.344 e. The van der Waals surface area contributed by atoms with Crippen molar-refractivity contribution in [1.82, 2.24) is 5.32 Å². The first-order valence-corrected chi connectivity index (χ1v) is 7.30. The number of carbonyl (C=O) groups is 2. The van der Waals surface area contributed by atoms with Gasteiger partial charge in [-0.05, 0) is 29.8 Å². The minimum absolute atomic E-state index is 0.243. The minimum atomic E-state index is -0.629. The van der Waals surface area contributed by atoms with E-state index < -0.39 is 6.04 Å². The van der Waals surface area contributed by atoms with Gasteiger partial charge in [0.15, 0.2) is 0 Å². The Morgan fingerprint density at radius 1 is 1.05 bits per heavy atom. The molecular weight excluding hydrogens is 300 g/mol. The highest BCUT2D eigenvalue weighted by molar-refractivity contribution is 6.30. The molecule has 2 N–H and O–H groups in total.